The summed E-state index contributed by atoms with van der Waals surface area (Å²) in [4.78, 5) is 9.03. The summed E-state index contributed by atoms with van der Waals surface area (Å²) in [6.45, 7) is 0.197. The van der Waals surface area contributed by atoms with Crippen LogP contribution in [0.15, 0.2) is 42.5 Å². The van der Waals surface area contributed by atoms with E-state index in [9.17, 15) is 0 Å². The van der Waals surface area contributed by atoms with Crippen molar-refractivity contribution in [3.05, 3.63) is 58.1 Å². The summed E-state index contributed by atoms with van der Waals surface area (Å²) in [6, 6.07) is 12.6. The van der Waals surface area contributed by atoms with Crippen molar-refractivity contribution in [3.63, 3.8) is 0 Å². The minimum atomic E-state index is 0.197. The molecular formula is C18H16Cl2N4O. The Kier molecular flexibility index (Phi) is 5.08. The fourth-order valence-corrected chi connectivity index (χ4v) is 2.97. The van der Waals surface area contributed by atoms with Crippen LogP contribution in [0.25, 0.3) is 22.6 Å². The quantitative estimate of drug-likeness (QED) is 0.715. The summed E-state index contributed by atoms with van der Waals surface area (Å²) in [7, 11) is 1.61. The van der Waals surface area contributed by atoms with Crippen LogP contribution in [0, 0.1) is 0 Å². The summed E-state index contributed by atoms with van der Waals surface area (Å²) >= 11 is 12.3. The molecule has 7 heteroatoms. The van der Waals surface area contributed by atoms with Crippen LogP contribution in [-0.4, -0.2) is 17.1 Å². The molecular weight excluding hydrogens is 359 g/mol. The number of benzene rings is 2. The number of anilines is 1. The summed E-state index contributed by atoms with van der Waals surface area (Å²) in [5, 5.41) is 1.02. The minimum Gasteiger partial charge on any atom is -0.497 e. The molecule has 0 radical (unpaired) electrons. The van der Waals surface area contributed by atoms with Gasteiger partial charge in [0.1, 0.15) is 11.6 Å². The summed E-state index contributed by atoms with van der Waals surface area (Å²) in [5.74, 6) is 1.55. The molecule has 0 bridgehead atoms. The fourth-order valence-electron chi connectivity index (χ4n) is 2.48. The van der Waals surface area contributed by atoms with E-state index in [1.54, 1.807) is 25.3 Å². The van der Waals surface area contributed by atoms with Crippen LogP contribution in [0.3, 0.4) is 0 Å². The maximum Gasteiger partial charge on any atom is 0.162 e. The SMILES string of the molecule is COc1ccc(-c2nc(N)c(CN)c(-c3ccc(Cl)cc3Cl)n2)cc1. The Balaban J connectivity index is 2.18. The lowest BCUT2D eigenvalue weighted by atomic mass is 10.1. The largest absolute Gasteiger partial charge is 0.497 e. The van der Waals surface area contributed by atoms with Crippen molar-refractivity contribution in [1.82, 2.24) is 9.97 Å². The number of nitrogens with zero attached hydrogens (tertiary/aromatic N) is 2. The van der Waals surface area contributed by atoms with Gasteiger partial charge in [0.25, 0.3) is 0 Å². The smallest absolute Gasteiger partial charge is 0.162 e. The van der Waals surface area contributed by atoms with Crippen LogP contribution in [0.2, 0.25) is 10.0 Å². The molecule has 1 aromatic heterocycles. The maximum absolute atomic E-state index is 6.34. The van der Waals surface area contributed by atoms with E-state index in [4.69, 9.17) is 39.4 Å². The van der Waals surface area contributed by atoms with E-state index >= 15 is 0 Å². The normalized spacial score (nSPS) is 10.7. The molecule has 0 aliphatic carbocycles. The zero-order chi connectivity index (χ0) is 18.0. The number of hydrogen-bond donors (Lipinski definition) is 2. The molecule has 3 rings (SSSR count). The zero-order valence-corrected chi connectivity index (χ0v) is 15.0. The van der Waals surface area contributed by atoms with E-state index in [1.165, 1.54) is 0 Å². The van der Waals surface area contributed by atoms with Gasteiger partial charge in [0.2, 0.25) is 0 Å². The second-order valence-corrected chi connectivity index (χ2v) is 6.16. The second-order valence-electron chi connectivity index (χ2n) is 5.32. The Bertz CT molecular complexity index is 914. The van der Waals surface area contributed by atoms with Crippen LogP contribution in [0.4, 0.5) is 5.82 Å². The molecule has 2 aromatic carbocycles. The van der Waals surface area contributed by atoms with Gasteiger partial charge in [0.05, 0.1) is 17.8 Å². The van der Waals surface area contributed by atoms with Gasteiger partial charge in [-0.3, -0.25) is 0 Å². The van der Waals surface area contributed by atoms with Crippen LogP contribution < -0.4 is 16.2 Å². The highest BCUT2D eigenvalue weighted by molar-refractivity contribution is 6.36. The lowest BCUT2D eigenvalue weighted by Crippen LogP contribution is -2.09. The first-order valence-electron chi connectivity index (χ1n) is 7.49. The average Bonchev–Trinajstić information content (AvgIpc) is 2.61. The molecule has 0 saturated carbocycles. The van der Waals surface area contributed by atoms with Gasteiger partial charge >= 0.3 is 0 Å². The van der Waals surface area contributed by atoms with Crippen molar-refractivity contribution >= 4 is 29.0 Å². The molecule has 4 N–H and O–H groups in total. The Morgan fingerprint density at radius 2 is 1.76 bits per heavy atom. The molecule has 0 amide bonds. The minimum absolute atomic E-state index is 0.197. The number of nitrogen functional groups attached to an aromatic ring is 1. The Morgan fingerprint density at radius 1 is 1.04 bits per heavy atom. The average molecular weight is 375 g/mol. The summed E-state index contributed by atoms with van der Waals surface area (Å²) in [6.07, 6.45) is 0. The Hall–Kier alpha value is -2.34. The highest BCUT2D eigenvalue weighted by Crippen LogP contribution is 2.34. The van der Waals surface area contributed by atoms with E-state index in [2.05, 4.69) is 9.97 Å². The lowest BCUT2D eigenvalue weighted by molar-refractivity contribution is 0.415. The van der Waals surface area contributed by atoms with Crippen molar-refractivity contribution in [1.29, 1.82) is 0 Å². The van der Waals surface area contributed by atoms with Crippen molar-refractivity contribution in [3.8, 4) is 28.4 Å². The van der Waals surface area contributed by atoms with Gasteiger partial charge in [0.15, 0.2) is 5.82 Å². The summed E-state index contributed by atoms with van der Waals surface area (Å²) in [5.41, 5.74) is 14.7. The highest BCUT2D eigenvalue weighted by atomic mass is 35.5. The third-order valence-corrected chi connectivity index (χ3v) is 4.33. The Labute approximate surface area is 155 Å². The number of rotatable bonds is 4. The molecule has 128 valence electrons. The number of hydrogen-bond acceptors (Lipinski definition) is 5. The van der Waals surface area contributed by atoms with Crippen LogP contribution in [0.5, 0.6) is 5.75 Å². The molecule has 3 aromatic rings. The van der Waals surface area contributed by atoms with Crippen molar-refractivity contribution < 1.29 is 4.74 Å². The van der Waals surface area contributed by atoms with Crippen molar-refractivity contribution in [2.24, 2.45) is 5.73 Å². The van der Waals surface area contributed by atoms with E-state index in [1.807, 2.05) is 24.3 Å². The van der Waals surface area contributed by atoms with Gasteiger partial charge in [-0.2, -0.15) is 0 Å². The second kappa shape index (κ2) is 7.27. The van der Waals surface area contributed by atoms with Crippen LogP contribution in [0.1, 0.15) is 5.56 Å². The molecule has 0 unspecified atom stereocenters. The first kappa shape index (κ1) is 17.5. The van der Waals surface area contributed by atoms with Gasteiger partial charge in [-0.05, 0) is 42.5 Å². The van der Waals surface area contributed by atoms with Gasteiger partial charge in [0, 0.05) is 28.3 Å². The number of aromatic nitrogens is 2. The molecule has 25 heavy (non-hydrogen) atoms. The highest BCUT2D eigenvalue weighted by Gasteiger charge is 2.16. The van der Waals surface area contributed by atoms with Crippen molar-refractivity contribution in [2.45, 2.75) is 6.54 Å². The molecule has 5 nitrogen and oxygen atoms in total. The maximum atomic E-state index is 6.34. The number of ether oxygens (including phenoxy) is 1. The number of methoxy groups -OCH3 is 1. The third-order valence-electron chi connectivity index (χ3n) is 3.78. The van der Waals surface area contributed by atoms with Gasteiger partial charge < -0.3 is 16.2 Å². The summed E-state index contributed by atoms with van der Waals surface area (Å²) < 4.78 is 5.17. The fraction of sp³-hybridized carbons (Fsp3) is 0.111. The molecule has 0 spiro atoms. The topological polar surface area (TPSA) is 87.0 Å². The first-order valence-corrected chi connectivity index (χ1v) is 8.25. The van der Waals surface area contributed by atoms with E-state index in [0.29, 0.717) is 38.5 Å². The Morgan fingerprint density at radius 3 is 2.36 bits per heavy atom. The third kappa shape index (κ3) is 3.54. The van der Waals surface area contributed by atoms with Gasteiger partial charge in [-0.25, -0.2) is 9.97 Å². The van der Waals surface area contributed by atoms with Gasteiger partial charge in [-0.15, -0.1) is 0 Å². The number of halogens is 2. The lowest BCUT2D eigenvalue weighted by Gasteiger charge is -2.13. The molecule has 0 fully saturated rings. The standard InChI is InChI=1S/C18H16Cl2N4O/c1-25-12-5-2-10(3-6-12)18-23-16(14(9-21)17(22)24-18)13-7-4-11(19)8-15(13)20/h2-8H,9,21H2,1H3,(H2,22,23,24). The predicted octanol–water partition coefficient (Wildman–Crippen LogP) is 4.17. The molecule has 0 aliphatic heterocycles. The molecule has 1 heterocycles. The first-order chi connectivity index (χ1) is 12.0. The number of nitrogens with two attached hydrogens (primary N) is 2. The molecule has 0 atom stereocenters. The van der Waals surface area contributed by atoms with E-state index in [-0.39, 0.29) is 6.54 Å². The van der Waals surface area contributed by atoms with Crippen LogP contribution >= 0.6 is 23.2 Å². The van der Waals surface area contributed by atoms with E-state index in [0.717, 1.165) is 11.3 Å². The van der Waals surface area contributed by atoms with E-state index < -0.39 is 0 Å². The monoisotopic (exact) mass is 374 g/mol. The molecule has 0 aliphatic rings. The zero-order valence-electron chi connectivity index (χ0n) is 13.5. The molecule has 0 saturated heterocycles. The predicted molar refractivity (Wildman–Crippen MR) is 102 cm³/mol. The van der Waals surface area contributed by atoms with Crippen molar-refractivity contribution in [2.75, 3.05) is 12.8 Å². The van der Waals surface area contributed by atoms with Crippen LogP contribution in [-0.2, 0) is 6.54 Å². The van der Waals surface area contributed by atoms with Gasteiger partial charge in [-0.1, -0.05) is 23.2 Å².